The lowest BCUT2D eigenvalue weighted by Gasteiger charge is -2.31. The zero-order valence-electron chi connectivity index (χ0n) is 15.7. The predicted octanol–water partition coefficient (Wildman–Crippen LogP) is 2.44. The molecule has 1 fully saturated rings. The molecule has 7 heteroatoms. The molecule has 27 heavy (non-hydrogen) atoms. The molecular formula is C20H25N3O3S. The van der Waals surface area contributed by atoms with Crippen molar-refractivity contribution in [1.29, 1.82) is 0 Å². The molecule has 0 aliphatic carbocycles. The van der Waals surface area contributed by atoms with Crippen LogP contribution in [0.3, 0.4) is 0 Å². The van der Waals surface area contributed by atoms with Crippen LogP contribution >= 0.6 is 0 Å². The fourth-order valence-corrected chi connectivity index (χ4v) is 4.47. The minimum absolute atomic E-state index is 0.154. The summed E-state index contributed by atoms with van der Waals surface area (Å²) in [5.74, 6) is -0.324. The number of nitrogens with zero attached hydrogens (tertiary/aromatic N) is 2. The Kier molecular flexibility index (Phi) is 5.94. The fourth-order valence-electron chi connectivity index (χ4n) is 3.00. The number of aryl methyl sites for hydroxylation is 1. The summed E-state index contributed by atoms with van der Waals surface area (Å²) >= 11 is 0. The number of anilines is 1. The lowest BCUT2D eigenvalue weighted by molar-refractivity contribution is 0.102. The Morgan fingerprint density at radius 2 is 1.70 bits per heavy atom. The molecule has 0 unspecified atom stereocenters. The monoisotopic (exact) mass is 387 g/mol. The smallest absolute Gasteiger partial charge is 0.255 e. The molecule has 1 aliphatic heterocycles. The summed E-state index contributed by atoms with van der Waals surface area (Å²) in [4.78, 5) is 14.8. The molecule has 0 spiro atoms. The number of likely N-dealkylation sites (N-methyl/N-ethyl adjacent to an activating group) is 1. The number of piperazine rings is 1. The van der Waals surface area contributed by atoms with Crippen molar-refractivity contribution in [3.8, 4) is 0 Å². The van der Waals surface area contributed by atoms with Crippen LogP contribution in [0.15, 0.2) is 53.4 Å². The van der Waals surface area contributed by atoms with Gasteiger partial charge in [0, 0.05) is 37.4 Å². The van der Waals surface area contributed by atoms with Crippen molar-refractivity contribution in [3.05, 3.63) is 59.7 Å². The van der Waals surface area contributed by atoms with Crippen LogP contribution in [-0.2, 0) is 16.4 Å². The van der Waals surface area contributed by atoms with Gasteiger partial charge in [-0.25, -0.2) is 8.42 Å². The summed E-state index contributed by atoms with van der Waals surface area (Å²) in [6, 6.07) is 13.8. The second-order valence-electron chi connectivity index (χ2n) is 6.74. The molecule has 2 aromatic carbocycles. The Labute approximate surface area is 160 Å². The van der Waals surface area contributed by atoms with Crippen molar-refractivity contribution < 1.29 is 13.2 Å². The Bertz CT molecular complexity index is 902. The van der Waals surface area contributed by atoms with Crippen LogP contribution in [0.1, 0.15) is 22.8 Å². The zero-order chi connectivity index (χ0) is 19.4. The summed E-state index contributed by atoms with van der Waals surface area (Å²) in [6.45, 7) is 4.39. The summed E-state index contributed by atoms with van der Waals surface area (Å²) in [6.07, 6.45) is 0.931. The van der Waals surface area contributed by atoms with Crippen LogP contribution in [0, 0.1) is 0 Å². The summed E-state index contributed by atoms with van der Waals surface area (Å²) in [5.41, 5.74) is 2.20. The van der Waals surface area contributed by atoms with E-state index < -0.39 is 10.0 Å². The van der Waals surface area contributed by atoms with E-state index in [-0.39, 0.29) is 10.8 Å². The van der Waals surface area contributed by atoms with Crippen LogP contribution in [0.4, 0.5) is 5.69 Å². The van der Waals surface area contributed by atoms with Gasteiger partial charge >= 0.3 is 0 Å². The third-order valence-electron chi connectivity index (χ3n) is 4.82. The van der Waals surface area contributed by atoms with Crippen molar-refractivity contribution in [2.75, 3.05) is 38.5 Å². The van der Waals surface area contributed by atoms with Gasteiger partial charge < -0.3 is 10.2 Å². The van der Waals surface area contributed by atoms with E-state index in [2.05, 4.69) is 17.1 Å². The second-order valence-corrected chi connectivity index (χ2v) is 8.68. The predicted molar refractivity (Wildman–Crippen MR) is 106 cm³/mol. The van der Waals surface area contributed by atoms with Gasteiger partial charge in [0.2, 0.25) is 10.0 Å². The quantitative estimate of drug-likeness (QED) is 0.856. The SMILES string of the molecule is CCc1ccc(NC(=O)c2cccc(S(=O)(=O)N3CCN(C)CC3)c2)cc1. The van der Waals surface area contributed by atoms with Gasteiger partial charge in [0.05, 0.1) is 4.90 Å². The van der Waals surface area contributed by atoms with Crippen LogP contribution in [0.2, 0.25) is 0 Å². The molecule has 0 aromatic heterocycles. The number of carbonyl (C=O) groups is 1. The molecule has 0 radical (unpaired) electrons. The summed E-state index contributed by atoms with van der Waals surface area (Å²) in [5, 5.41) is 2.82. The molecule has 3 rings (SSSR count). The van der Waals surface area contributed by atoms with Crippen molar-refractivity contribution in [2.24, 2.45) is 0 Å². The van der Waals surface area contributed by atoms with E-state index in [9.17, 15) is 13.2 Å². The minimum Gasteiger partial charge on any atom is -0.322 e. The summed E-state index contributed by atoms with van der Waals surface area (Å²) < 4.78 is 27.2. The number of nitrogens with one attached hydrogen (secondary N) is 1. The third-order valence-corrected chi connectivity index (χ3v) is 6.71. The lowest BCUT2D eigenvalue weighted by Crippen LogP contribution is -2.47. The van der Waals surface area contributed by atoms with Crippen molar-refractivity contribution in [2.45, 2.75) is 18.2 Å². The molecule has 0 atom stereocenters. The molecule has 1 aliphatic rings. The van der Waals surface area contributed by atoms with Crippen molar-refractivity contribution in [1.82, 2.24) is 9.21 Å². The molecule has 2 aromatic rings. The Morgan fingerprint density at radius 1 is 1.04 bits per heavy atom. The van der Waals surface area contributed by atoms with E-state index in [1.165, 1.54) is 15.9 Å². The van der Waals surface area contributed by atoms with E-state index >= 15 is 0 Å². The first-order chi connectivity index (χ1) is 12.9. The highest BCUT2D eigenvalue weighted by Gasteiger charge is 2.27. The number of hydrogen-bond donors (Lipinski definition) is 1. The highest BCUT2D eigenvalue weighted by molar-refractivity contribution is 7.89. The number of carbonyl (C=O) groups excluding carboxylic acids is 1. The number of amides is 1. The average molecular weight is 388 g/mol. The highest BCUT2D eigenvalue weighted by Crippen LogP contribution is 2.19. The van der Waals surface area contributed by atoms with Crippen LogP contribution in [0.5, 0.6) is 0 Å². The molecule has 1 heterocycles. The third kappa shape index (κ3) is 4.55. The van der Waals surface area contributed by atoms with E-state index in [0.717, 1.165) is 6.42 Å². The minimum atomic E-state index is -3.60. The number of sulfonamides is 1. The average Bonchev–Trinajstić information content (AvgIpc) is 2.69. The zero-order valence-corrected chi connectivity index (χ0v) is 16.5. The van der Waals surface area contributed by atoms with Crippen LogP contribution in [0.25, 0.3) is 0 Å². The number of rotatable bonds is 5. The first-order valence-corrected chi connectivity index (χ1v) is 10.5. The van der Waals surface area contributed by atoms with Crippen molar-refractivity contribution >= 4 is 21.6 Å². The maximum absolute atomic E-state index is 12.9. The molecule has 6 nitrogen and oxygen atoms in total. The lowest BCUT2D eigenvalue weighted by atomic mass is 10.1. The molecule has 144 valence electrons. The van der Waals surface area contributed by atoms with E-state index in [1.807, 2.05) is 31.3 Å². The highest BCUT2D eigenvalue weighted by atomic mass is 32.2. The van der Waals surface area contributed by atoms with Gasteiger partial charge in [0.15, 0.2) is 0 Å². The maximum atomic E-state index is 12.9. The van der Waals surface area contributed by atoms with Crippen LogP contribution in [-0.4, -0.2) is 56.8 Å². The molecule has 1 amide bonds. The standard InChI is InChI=1S/C20H25N3O3S/c1-3-16-7-9-18(10-8-16)21-20(24)17-5-4-6-19(15-17)27(25,26)23-13-11-22(2)12-14-23/h4-10,15H,3,11-14H2,1-2H3,(H,21,24). The molecule has 1 N–H and O–H groups in total. The summed E-state index contributed by atoms with van der Waals surface area (Å²) in [7, 11) is -1.62. The molecule has 0 saturated carbocycles. The van der Waals surface area contributed by atoms with Gasteiger partial charge in [-0.05, 0) is 49.4 Å². The van der Waals surface area contributed by atoms with Gasteiger partial charge in [-0.2, -0.15) is 4.31 Å². The first-order valence-electron chi connectivity index (χ1n) is 9.09. The normalized spacial score (nSPS) is 16.2. The van der Waals surface area contributed by atoms with Crippen LogP contribution < -0.4 is 5.32 Å². The first kappa shape index (κ1) is 19.5. The number of benzene rings is 2. The topological polar surface area (TPSA) is 69.7 Å². The second kappa shape index (κ2) is 8.21. The molecular weight excluding hydrogens is 362 g/mol. The van der Waals surface area contributed by atoms with E-state index in [0.29, 0.717) is 37.4 Å². The van der Waals surface area contributed by atoms with Crippen molar-refractivity contribution in [3.63, 3.8) is 0 Å². The fraction of sp³-hybridized carbons (Fsp3) is 0.350. The van der Waals surface area contributed by atoms with E-state index in [4.69, 9.17) is 0 Å². The van der Waals surface area contributed by atoms with Gasteiger partial charge in [-0.15, -0.1) is 0 Å². The van der Waals surface area contributed by atoms with Gasteiger partial charge in [0.25, 0.3) is 5.91 Å². The Morgan fingerprint density at radius 3 is 2.33 bits per heavy atom. The van der Waals surface area contributed by atoms with Gasteiger partial charge in [0.1, 0.15) is 0 Å². The number of hydrogen-bond acceptors (Lipinski definition) is 4. The molecule has 0 bridgehead atoms. The largest absolute Gasteiger partial charge is 0.322 e. The maximum Gasteiger partial charge on any atom is 0.255 e. The van der Waals surface area contributed by atoms with Gasteiger partial charge in [-0.3, -0.25) is 4.79 Å². The van der Waals surface area contributed by atoms with E-state index in [1.54, 1.807) is 18.2 Å². The Balaban J connectivity index is 1.76. The van der Waals surface area contributed by atoms with Gasteiger partial charge in [-0.1, -0.05) is 25.1 Å². The Hall–Kier alpha value is -2.22. The molecule has 1 saturated heterocycles.